The summed E-state index contributed by atoms with van der Waals surface area (Å²) >= 11 is 0. The van der Waals surface area contributed by atoms with E-state index in [4.69, 9.17) is 4.74 Å². The number of aliphatic hydroxyl groups is 1. The van der Waals surface area contributed by atoms with E-state index in [9.17, 15) is 15.0 Å². The molecule has 2 aromatic carbocycles. The highest BCUT2D eigenvalue weighted by atomic mass is 16.5. The van der Waals surface area contributed by atoms with Gasteiger partial charge in [0.05, 0.1) is 12.7 Å². The monoisotopic (exact) mass is 314 g/mol. The molecule has 122 valence electrons. The van der Waals surface area contributed by atoms with Crippen LogP contribution in [0.25, 0.3) is 10.8 Å². The van der Waals surface area contributed by atoms with E-state index in [0.29, 0.717) is 18.4 Å². The number of hydrogen-bond acceptors (Lipinski definition) is 3. The topological polar surface area (TPSA) is 66.8 Å². The lowest BCUT2D eigenvalue weighted by molar-refractivity contribution is -0.147. The third-order valence-corrected chi connectivity index (χ3v) is 4.91. The minimum atomic E-state index is -1.15. The van der Waals surface area contributed by atoms with E-state index in [1.54, 1.807) is 7.11 Å². The maximum absolute atomic E-state index is 11.9. The van der Waals surface area contributed by atoms with Crippen LogP contribution in [0.3, 0.4) is 0 Å². The Labute approximate surface area is 135 Å². The minimum Gasteiger partial charge on any atom is -0.497 e. The Bertz CT molecular complexity index is 716. The van der Waals surface area contributed by atoms with Crippen LogP contribution in [0, 0.1) is 0 Å². The van der Waals surface area contributed by atoms with Gasteiger partial charge in [-0.25, -0.2) is 0 Å². The van der Waals surface area contributed by atoms with Crippen molar-refractivity contribution in [2.24, 2.45) is 0 Å². The van der Waals surface area contributed by atoms with Crippen molar-refractivity contribution >= 4 is 16.7 Å². The Morgan fingerprint density at radius 1 is 1.09 bits per heavy atom. The van der Waals surface area contributed by atoms with Gasteiger partial charge in [0.15, 0.2) is 0 Å². The number of carbonyl (C=O) groups is 1. The summed E-state index contributed by atoms with van der Waals surface area (Å²) in [5.41, 5.74) is -0.482. The van der Waals surface area contributed by atoms with Gasteiger partial charge in [0.2, 0.25) is 0 Å². The number of methoxy groups -OCH3 is 1. The second kappa shape index (κ2) is 6.20. The molecule has 1 aliphatic carbocycles. The maximum Gasteiger partial charge on any atom is 0.313 e. The fourth-order valence-corrected chi connectivity index (χ4v) is 3.68. The molecule has 2 N–H and O–H groups in total. The lowest BCUT2D eigenvalue weighted by Crippen LogP contribution is -2.42. The van der Waals surface area contributed by atoms with Crippen molar-refractivity contribution in [3.8, 4) is 5.75 Å². The SMILES string of the molecule is COc1ccc2cc([C@H](C(=O)O)C3(O)CCCCC3)ccc2c1. The number of aliphatic carboxylic acids is 1. The second-order valence-electron chi connectivity index (χ2n) is 6.41. The van der Waals surface area contributed by atoms with Crippen molar-refractivity contribution in [3.05, 3.63) is 42.0 Å². The van der Waals surface area contributed by atoms with Gasteiger partial charge >= 0.3 is 5.97 Å². The van der Waals surface area contributed by atoms with Crippen molar-refractivity contribution in [2.45, 2.75) is 43.6 Å². The number of benzene rings is 2. The maximum atomic E-state index is 11.9. The summed E-state index contributed by atoms with van der Waals surface area (Å²) in [7, 11) is 1.62. The molecule has 4 nitrogen and oxygen atoms in total. The van der Waals surface area contributed by atoms with E-state index < -0.39 is 17.5 Å². The van der Waals surface area contributed by atoms with Crippen molar-refractivity contribution in [3.63, 3.8) is 0 Å². The summed E-state index contributed by atoms with van der Waals surface area (Å²) in [6.07, 6.45) is 3.91. The van der Waals surface area contributed by atoms with Crippen molar-refractivity contribution in [2.75, 3.05) is 7.11 Å². The quantitative estimate of drug-likeness (QED) is 0.903. The molecule has 1 atom stereocenters. The fraction of sp³-hybridized carbons (Fsp3) is 0.421. The average Bonchev–Trinajstić information content (AvgIpc) is 2.54. The second-order valence-corrected chi connectivity index (χ2v) is 6.41. The molecular formula is C19H22O4. The van der Waals surface area contributed by atoms with Crippen LogP contribution in [0.5, 0.6) is 5.75 Å². The molecule has 0 bridgehead atoms. The highest BCUT2D eigenvalue weighted by molar-refractivity contribution is 5.87. The van der Waals surface area contributed by atoms with Gasteiger partial charge in [0.1, 0.15) is 11.7 Å². The Morgan fingerprint density at radius 2 is 1.74 bits per heavy atom. The molecule has 4 heteroatoms. The lowest BCUT2D eigenvalue weighted by Gasteiger charge is -2.37. The summed E-state index contributed by atoms with van der Waals surface area (Å²) < 4.78 is 5.22. The van der Waals surface area contributed by atoms with Crippen LogP contribution in [-0.2, 0) is 4.79 Å². The van der Waals surface area contributed by atoms with E-state index in [1.807, 2.05) is 36.4 Å². The first-order chi connectivity index (χ1) is 11.0. The molecule has 0 aromatic heterocycles. The summed E-state index contributed by atoms with van der Waals surface area (Å²) in [4.78, 5) is 11.9. The fourth-order valence-electron chi connectivity index (χ4n) is 3.68. The standard InChI is InChI=1S/C19H22O4/c1-23-16-8-7-13-11-15(6-5-14(13)12-16)17(18(20)21)19(22)9-3-2-4-10-19/h5-8,11-12,17,22H,2-4,9-10H2,1H3,(H,20,21)/t17-/m1/s1. The minimum absolute atomic E-state index is 0.546. The summed E-state index contributed by atoms with van der Waals surface area (Å²) in [5, 5.41) is 22.6. The van der Waals surface area contributed by atoms with Gasteiger partial charge in [-0.3, -0.25) is 4.79 Å². The predicted octanol–water partition coefficient (Wildman–Crippen LogP) is 3.71. The molecule has 0 spiro atoms. The van der Waals surface area contributed by atoms with Crippen molar-refractivity contribution in [1.29, 1.82) is 0 Å². The molecule has 23 heavy (non-hydrogen) atoms. The van der Waals surface area contributed by atoms with Gasteiger partial charge in [-0.15, -0.1) is 0 Å². The molecule has 1 aliphatic rings. The van der Waals surface area contributed by atoms with Gasteiger partial charge in [-0.1, -0.05) is 43.5 Å². The normalized spacial score (nSPS) is 18.5. The van der Waals surface area contributed by atoms with Crippen LogP contribution >= 0.6 is 0 Å². The summed E-state index contributed by atoms with van der Waals surface area (Å²) in [6, 6.07) is 11.3. The molecule has 0 saturated heterocycles. The van der Waals surface area contributed by atoms with Gasteiger partial charge in [-0.05, 0) is 41.3 Å². The molecule has 0 radical (unpaired) electrons. The van der Waals surface area contributed by atoms with Crippen LogP contribution in [0.15, 0.2) is 36.4 Å². The largest absolute Gasteiger partial charge is 0.497 e. The van der Waals surface area contributed by atoms with E-state index in [2.05, 4.69) is 0 Å². The van der Waals surface area contributed by atoms with Crippen LogP contribution in [0.2, 0.25) is 0 Å². The molecule has 2 aromatic rings. The molecule has 1 saturated carbocycles. The highest BCUT2D eigenvalue weighted by Gasteiger charge is 2.43. The van der Waals surface area contributed by atoms with E-state index in [-0.39, 0.29) is 0 Å². The number of carboxylic acid groups (broad SMARTS) is 1. The molecule has 0 unspecified atom stereocenters. The Hall–Kier alpha value is -2.07. The Balaban J connectivity index is 2.02. The van der Waals surface area contributed by atoms with E-state index in [1.165, 1.54) is 0 Å². The van der Waals surface area contributed by atoms with Gasteiger partial charge in [-0.2, -0.15) is 0 Å². The molecule has 1 fully saturated rings. The highest BCUT2D eigenvalue weighted by Crippen LogP contribution is 2.41. The first kappa shape index (κ1) is 15.8. The molecule has 0 heterocycles. The van der Waals surface area contributed by atoms with Crippen LogP contribution in [0.1, 0.15) is 43.6 Å². The third kappa shape index (κ3) is 3.04. The number of carboxylic acids is 1. The number of rotatable bonds is 4. The zero-order valence-electron chi connectivity index (χ0n) is 13.3. The third-order valence-electron chi connectivity index (χ3n) is 4.91. The predicted molar refractivity (Wildman–Crippen MR) is 88.9 cm³/mol. The van der Waals surface area contributed by atoms with Gasteiger partial charge in [0.25, 0.3) is 0 Å². The summed E-state index contributed by atoms with van der Waals surface area (Å²) in [5.74, 6) is -1.07. The van der Waals surface area contributed by atoms with Crippen LogP contribution in [-0.4, -0.2) is 28.9 Å². The zero-order chi connectivity index (χ0) is 16.4. The Morgan fingerprint density at radius 3 is 2.39 bits per heavy atom. The van der Waals surface area contributed by atoms with Crippen molar-refractivity contribution in [1.82, 2.24) is 0 Å². The van der Waals surface area contributed by atoms with E-state index >= 15 is 0 Å². The van der Waals surface area contributed by atoms with Gasteiger partial charge < -0.3 is 14.9 Å². The number of hydrogen-bond donors (Lipinski definition) is 2. The van der Waals surface area contributed by atoms with Crippen LogP contribution < -0.4 is 4.74 Å². The van der Waals surface area contributed by atoms with Crippen LogP contribution in [0.4, 0.5) is 0 Å². The molecule has 3 rings (SSSR count). The lowest BCUT2D eigenvalue weighted by atomic mass is 9.72. The van der Waals surface area contributed by atoms with E-state index in [0.717, 1.165) is 35.8 Å². The zero-order valence-corrected chi connectivity index (χ0v) is 13.3. The number of fused-ring (bicyclic) bond motifs is 1. The first-order valence-electron chi connectivity index (χ1n) is 8.06. The molecule has 0 aliphatic heterocycles. The molecular weight excluding hydrogens is 292 g/mol. The smallest absolute Gasteiger partial charge is 0.313 e. The average molecular weight is 314 g/mol. The number of ether oxygens (including phenoxy) is 1. The first-order valence-corrected chi connectivity index (χ1v) is 8.06. The molecule has 0 amide bonds. The van der Waals surface area contributed by atoms with Crippen molar-refractivity contribution < 1.29 is 19.7 Å². The Kier molecular flexibility index (Phi) is 4.26. The van der Waals surface area contributed by atoms with Gasteiger partial charge in [0, 0.05) is 0 Å². The summed E-state index contributed by atoms with van der Waals surface area (Å²) in [6.45, 7) is 0.